The van der Waals surface area contributed by atoms with Crippen LogP contribution in [0.2, 0.25) is 5.02 Å². The second kappa shape index (κ2) is 10.2. The molecule has 7 nitrogen and oxygen atoms in total. The third-order valence-corrected chi connectivity index (χ3v) is 7.05. The number of benzene rings is 1. The van der Waals surface area contributed by atoms with Gasteiger partial charge in [0, 0.05) is 43.9 Å². The second-order valence-electron chi connectivity index (χ2n) is 8.13. The number of alkyl halides is 3. The first-order valence-electron chi connectivity index (χ1n) is 11.1. The molecule has 0 bridgehead atoms. The maximum atomic E-state index is 13.4. The standard InChI is InChI=1S/C23H25ClF3N5O2S/c1-4-16-19(29-17-11-32(12-18(17)34-5-2)22-28-8-9-35-22)21(33)31(3)20(30-16)14-7-6-13(10-15(14)24)23(25,26)27/h6-10,17-18,29H,4-5,11-12H2,1-3H3. The predicted molar refractivity (Wildman–Crippen MR) is 131 cm³/mol. The van der Waals surface area contributed by atoms with Crippen LogP contribution < -0.4 is 15.8 Å². The first kappa shape index (κ1) is 25.5. The van der Waals surface area contributed by atoms with Crippen molar-refractivity contribution in [1.82, 2.24) is 14.5 Å². The zero-order valence-corrected chi connectivity index (χ0v) is 21.0. The minimum Gasteiger partial charge on any atom is -0.374 e. The molecule has 1 saturated heterocycles. The molecule has 12 heteroatoms. The van der Waals surface area contributed by atoms with Crippen LogP contribution in [0.4, 0.5) is 24.0 Å². The smallest absolute Gasteiger partial charge is 0.374 e. The Labute approximate surface area is 209 Å². The molecule has 35 heavy (non-hydrogen) atoms. The highest BCUT2D eigenvalue weighted by Gasteiger charge is 2.36. The minimum atomic E-state index is -4.52. The molecule has 0 amide bonds. The largest absolute Gasteiger partial charge is 0.416 e. The monoisotopic (exact) mass is 527 g/mol. The summed E-state index contributed by atoms with van der Waals surface area (Å²) in [6, 6.07) is 2.84. The number of aryl methyl sites for hydroxylation is 1. The van der Waals surface area contributed by atoms with E-state index in [1.165, 1.54) is 29.0 Å². The highest BCUT2D eigenvalue weighted by atomic mass is 35.5. The molecule has 0 aliphatic carbocycles. The Hall–Kier alpha value is -2.63. The number of aromatic nitrogens is 3. The molecule has 1 aliphatic heterocycles. The molecule has 1 aliphatic rings. The molecule has 0 radical (unpaired) electrons. The zero-order valence-electron chi connectivity index (χ0n) is 19.4. The highest BCUT2D eigenvalue weighted by Crippen LogP contribution is 2.35. The number of ether oxygens (including phenoxy) is 1. The molecule has 3 heterocycles. The number of nitrogens with one attached hydrogen (secondary N) is 1. The Morgan fingerprint density at radius 2 is 2.06 bits per heavy atom. The van der Waals surface area contributed by atoms with E-state index in [1.807, 2.05) is 19.2 Å². The van der Waals surface area contributed by atoms with E-state index in [0.717, 1.165) is 17.3 Å². The number of hydrogen-bond donors (Lipinski definition) is 1. The number of hydrogen-bond acceptors (Lipinski definition) is 7. The van der Waals surface area contributed by atoms with E-state index in [4.69, 9.17) is 16.3 Å². The van der Waals surface area contributed by atoms with Crippen molar-refractivity contribution in [3.8, 4) is 11.4 Å². The van der Waals surface area contributed by atoms with Crippen molar-refractivity contribution in [2.45, 2.75) is 38.6 Å². The van der Waals surface area contributed by atoms with Gasteiger partial charge in [-0.3, -0.25) is 9.36 Å². The van der Waals surface area contributed by atoms with E-state index >= 15 is 0 Å². The van der Waals surface area contributed by atoms with Gasteiger partial charge in [0.15, 0.2) is 5.13 Å². The van der Waals surface area contributed by atoms with Crippen LogP contribution in [-0.2, 0) is 24.4 Å². The predicted octanol–water partition coefficient (Wildman–Crippen LogP) is 4.84. The van der Waals surface area contributed by atoms with Crippen LogP contribution in [0.25, 0.3) is 11.4 Å². The van der Waals surface area contributed by atoms with Crippen molar-refractivity contribution in [3.63, 3.8) is 0 Å². The maximum absolute atomic E-state index is 13.4. The third-order valence-electron chi connectivity index (χ3n) is 5.90. The van der Waals surface area contributed by atoms with Crippen molar-refractivity contribution in [3.05, 3.63) is 56.4 Å². The Kier molecular flexibility index (Phi) is 7.39. The summed E-state index contributed by atoms with van der Waals surface area (Å²) in [5, 5.41) is 6.01. The third kappa shape index (κ3) is 5.17. The van der Waals surface area contributed by atoms with Crippen LogP contribution in [0.1, 0.15) is 25.1 Å². The van der Waals surface area contributed by atoms with Crippen LogP contribution in [-0.4, -0.2) is 46.4 Å². The second-order valence-corrected chi connectivity index (χ2v) is 9.41. The van der Waals surface area contributed by atoms with Crippen LogP contribution in [0.15, 0.2) is 34.6 Å². The van der Waals surface area contributed by atoms with Gasteiger partial charge in [-0.1, -0.05) is 18.5 Å². The van der Waals surface area contributed by atoms with Gasteiger partial charge in [-0.2, -0.15) is 13.2 Å². The van der Waals surface area contributed by atoms with Gasteiger partial charge in [-0.05, 0) is 31.5 Å². The molecule has 188 valence electrons. The lowest BCUT2D eigenvalue weighted by atomic mass is 10.1. The Bertz CT molecular complexity index is 1250. The van der Waals surface area contributed by atoms with Gasteiger partial charge in [0.05, 0.1) is 28.4 Å². The average Bonchev–Trinajstić information content (AvgIpc) is 3.47. The fraction of sp³-hybridized carbons (Fsp3) is 0.435. The van der Waals surface area contributed by atoms with Crippen LogP contribution in [0, 0.1) is 0 Å². The molecule has 3 aromatic rings. The molecule has 2 aromatic heterocycles. The molecule has 0 spiro atoms. The zero-order chi connectivity index (χ0) is 25.3. The number of rotatable bonds is 7. The first-order chi connectivity index (χ1) is 16.6. The summed E-state index contributed by atoms with van der Waals surface area (Å²) in [6.45, 7) is 5.53. The lowest BCUT2D eigenvalue weighted by Crippen LogP contribution is -2.38. The van der Waals surface area contributed by atoms with Crippen molar-refractivity contribution in [1.29, 1.82) is 0 Å². The van der Waals surface area contributed by atoms with Crippen molar-refractivity contribution in [2.24, 2.45) is 7.05 Å². The Morgan fingerprint density at radius 1 is 1.29 bits per heavy atom. The van der Waals surface area contributed by atoms with Gasteiger partial charge in [-0.15, -0.1) is 11.3 Å². The van der Waals surface area contributed by atoms with E-state index in [0.29, 0.717) is 37.5 Å². The van der Waals surface area contributed by atoms with Crippen LogP contribution >= 0.6 is 22.9 Å². The van der Waals surface area contributed by atoms with Gasteiger partial charge >= 0.3 is 6.18 Å². The molecule has 1 N–H and O–H groups in total. The van der Waals surface area contributed by atoms with E-state index < -0.39 is 11.7 Å². The van der Waals surface area contributed by atoms with Crippen LogP contribution in [0.3, 0.4) is 0 Å². The molecule has 0 saturated carbocycles. The summed E-state index contributed by atoms with van der Waals surface area (Å²) in [5.74, 6) is 0.202. The molecular formula is C23H25ClF3N5O2S. The van der Waals surface area contributed by atoms with E-state index in [1.54, 1.807) is 6.20 Å². The molecule has 1 fully saturated rings. The molecular weight excluding hydrogens is 503 g/mol. The van der Waals surface area contributed by atoms with Crippen LogP contribution in [0.5, 0.6) is 0 Å². The Morgan fingerprint density at radius 3 is 2.66 bits per heavy atom. The topological polar surface area (TPSA) is 72.3 Å². The normalized spacial score (nSPS) is 18.3. The summed E-state index contributed by atoms with van der Waals surface area (Å²) in [4.78, 5) is 24.5. The summed E-state index contributed by atoms with van der Waals surface area (Å²) >= 11 is 7.72. The van der Waals surface area contributed by atoms with Gasteiger partial charge in [0.1, 0.15) is 11.5 Å². The lowest BCUT2D eigenvalue weighted by Gasteiger charge is -2.22. The average molecular weight is 528 g/mol. The minimum absolute atomic E-state index is 0.128. The quantitative estimate of drug-likeness (QED) is 0.474. The van der Waals surface area contributed by atoms with E-state index in [-0.39, 0.29) is 34.1 Å². The number of anilines is 2. The number of thiazole rings is 1. The van der Waals surface area contributed by atoms with E-state index in [2.05, 4.69) is 20.2 Å². The van der Waals surface area contributed by atoms with Gasteiger partial charge in [0.25, 0.3) is 5.56 Å². The van der Waals surface area contributed by atoms with E-state index in [9.17, 15) is 18.0 Å². The fourth-order valence-electron chi connectivity index (χ4n) is 4.17. The highest BCUT2D eigenvalue weighted by molar-refractivity contribution is 7.13. The summed E-state index contributed by atoms with van der Waals surface area (Å²) in [6.07, 6.45) is -2.50. The molecule has 2 atom stereocenters. The summed E-state index contributed by atoms with van der Waals surface area (Å²) in [7, 11) is 1.53. The molecule has 1 aromatic carbocycles. The summed E-state index contributed by atoms with van der Waals surface area (Å²) < 4.78 is 46.4. The Balaban J connectivity index is 1.68. The van der Waals surface area contributed by atoms with Crippen molar-refractivity contribution >= 4 is 33.8 Å². The van der Waals surface area contributed by atoms with Crippen molar-refractivity contribution < 1.29 is 17.9 Å². The molecule has 2 unspecified atom stereocenters. The number of halogens is 4. The SMILES string of the molecule is CCOC1CN(c2nccs2)CC1Nc1c(CC)nc(-c2ccc(C(F)(F)F)cc2Cl)n(C)c1=O. The van der Waals surface area contributed by atoms with Gasteiger partial charge in [0.2, 0.25) is 0 Å². The van der Waals surface area contributed by atoms with Gasteiger partial charge in [-0.25, -0.2) is 9.97 Å². The van der Waals surface area contributed by atoms with Crippen molar-refractivity contribution in [2.75, 3.05) is 29.9 Å². The first-order valence-corrected chi connectivity index (χ1v) is 12.4. The lowest BCUT2D eigenvalue weighted by molar-refractivity contribution is -0.137. The van der Waals surface area contributed by atoms with Gasteiger partial charge < -0.3 is 15.0 Å². The molecule has 4 rings (SSSR count). The maximum Gasteiger partial charge on any atom is 0.416 e. The summed E-state index contributed by atoms with van der Waals surface area (Å²) in [5.41, 5.74) is -0.105. The number of nitrogens with zero attached hydrogens (tertiary/aromatic N) is 4. The fourth-order valence-corrected chi connectivity index (χ4v) is 5.10.